The molecule has 6 unspecified atom stereocenters. The largest absolute Gasteiger partial charge is 0.756 e. The number of carboxylic acid groups (broad SMARTS) is 6. The fourth-order valence-corrected chi connectivity index (χ4v) is 15.1. The number of hydrogen-bond acceptors (Lipinski definition) is 36. The lowest BCUT2D eigenvalue weighted by Crippen LogP contribution is -2.67. The normalized spacial score (nSPS) is 19.7. The zero-order chi connectivity index (χ0) is 111. The molecule has 1 aliphatic rings. The molecule has 12 atom stereocenters. The lowest BCUT2D eigenvalue weighted by atomic mass is 9.85. The fourth-order valence-electron chi connectivity index (χ4n) is 11.9. The summed E-state index contributed by atoms with van der Waals surface area (Å²) in [5.74, 6) is -6.26. The third-order valence-electron chi connectivity index (χ3n) is 15.6. The van der Waals surface area contributed by atoms with E-state index in [-0.39, 0.29) is 110 Å². The van der Waals surface area contributed by atoms with Gasteiger partial charge in [0.05, 0.1) is 165 Å². The van der Waals surface area contributed by atoms with Crippen molar-refractivity contribution in [2.24, 2.45) is 35.5 Å². The second kappa shape index (κ2) is 64.0. The maximum atomic E-state index is 11.5. The van der Waals surface area contributed by atoms with Crippen LogP contribution in [0.15, 0.2) is 0 Å². The SMILES string of the molecule is CC(C)CC(=O)O[C@H](CC(=O)O)C[N+](C)(C)C.CC(C)CC(=O)O[C@H](CC(=O)O)C[N+](C)(C)C.CC(C)CC(=O)O[C@H](CC(=O)O)C[N+](C)(C)C.CC(C)CC(=O)O[C@H](CC(=O)O)C[N+](C)(C)C.CC(C)CC(=O)O[C@H](CC(=O)O)C[N+](C)(C)C.CC(C)CC(=O)O[C@H](CC(=O)O)C[N+](C)(C)C.O=P([O-])(O)OC1C(OP(=O)([O-])O)C(OP(=O)([O-])O)C(OP(=O)([O-])O)C(OP(=O)([O-])O)C1OP(=O)([O-])O. The van der Waals surface area contributed by atoms with E-state index in [2.05, 4.69) is 27.1 Å². The summed E-state index contributed by atoms with van der Waals surface area (Å²) >= 11 is 0. The zero-order valence-electron chi connectivity index (χ0n) is 84.6. The van der Waals surface area contributed by atoms with Gasteiger partial charge in [0.15, 0.2) is 36.6 Å². The van der Waals surface area contributed by atoms with Gasteiger partial charge in [0.1, 0.15) is 75.9 Å². The predicted octanol–water partition coefficient (Wildman–Crippen LogP) is -0.173. The van der Waals surface area contributed by atoms with Crippen LogP contribution in [-0.2, 0) is 140 Å². The molecule has 1 fully saturated rings. The smallest absolute Gasteiger partial charge is 0.307 e. The van der Waals surface area contributed by atoms with Crippen molar-refractivity contribution in [1.29, 1.82) is 0 Å². The third kappa shape index (κ3) is 96.2. The zero-order valence-corrected chi connectivity index (χ0v) is 89.9. The van der Waals surface area contributed by atoms with Crippen LogP contribution >= 0.6 is 46.9 Å². The van der Waals surface area contributed by atoms with E-state index >= 15 is 0 Å². The molecular formula is C78H156N6O48P6. The number of esters is 6. The van der Waals surface area contributed by atoms with Gasteiger partial charge in [-0.15, -0.1) is 0 Å². The number of nitrogens with zero attached hydrogens (tertiary/aromatic N) is 6. The number of rotatable bonds is 54. The monoisotopic (exact) mass is 2130 g/mol. The van der Waals surface area contributed by atoms with E-state index < -0.39 is 156 Å². The maximum Gasteiger partial charge on any atom is 0.307 e. The van der Waals surface area contributed by atoms with Gasteiger partial charge >= 0.3 is 71.6 Å². The first-order chi connectivity index (χ1) is 61.2. The van der Waals surface area contributed by atoms with E-state index in [1.54, 1.807) is 0 Å². The molecular weight excluding hydrogens is 1970 g/mol. The van der Waals surface area contributed by atoms with Gasteiger partial charge in [-0.1, -0.05) is 83.1 Å². The summed E-state index contributed by atoms with van der Waals surface area (Å²) in [5.41, 5.74) is 0. The molecule has 816 valence electrons. The number of phosphoric ester groups is 6. The summed E-state index contributed by atoms with van der Waals surface area (Å²) in [6.07, 6.45) is -22.4. The van der Waals surface area contributed by atoms with Crippen LogP contribution in [0.4, 0.5) is 0 Å². The molecule has 0 bridgehead atoms. The molecule has 1 saturated carbocycles. The number of ether oxygens (including phenoxy) is 6. The molecule has 0 amide bonds. The van der Waals surface area contributed by atoms with Crippen LogP contribution < -0.4 is 29.4 Å². The van der Waals surface area contributed by atoms with Gasteiger partial charge in [-0.2, -0.15) is 0 Å². The molecule has 0 radical (unpaired) electrons. The average molecular weight is 2130 g/mol. The minimum absolute atomic E-state index is 0.140. The highest BCUT2D eigenvalue weighted by Gasteiger charge is 2.60. The summed E-state index contributed by atoms with van der Waals surface area (Å²) in [6.45, 7) is 26.1. The van der Waals surface area contributed by atoms with Crippen LogP contribution in [0, 0.1) is 35.5 Å². The van der Waals surface area contributed by atoms with E-state index in [9.17, 15) is 114 Å². The minimum Gasteiger partial charge on any atom is -0.756 e. The second-order valence-corrected chi connectivity index (χ2v) is 47.8. The Morgan fingerprint density at radius 3 is 0.355 bits per heavy atom. The van der Waals surface area contributed by atoms with Gasteiger partial charge in [0.25, 0.3) is 46.9 Å². The lowest BCUT2D eigenvalue weighted by molar-refractivity contribution is -0.873. The minimum atomic E-state index is -6.35. The van der Waals surface area contributed by atoms with Crippen molar-refractivity contribution in [2.75, 3.05) is 166 Å². The first-order valence-electron chi connectivity index (χ1n) is 42.8. The van der Waals surface area contributed by atoms with Crippen LogP contribution in [-0.4, -0.2) is 398 Å². The Bertz CT molecular complexity index is 3360. The molecule has 138 heavy (non-hydrogen) atoms. The molecule has 54 nitrogen and oxygen atoms in total. The molecule has 12 N–H and O–H groups in total. The van der Waals surface area contributed by atoms with Crippen molar-refractivity contribution in [1.82, 2.24) is 0 Å². The van der Waals surface area contributed by atoms with Crippen LogP contribution in [0.2, 0.25) is 0 Å². The van der Waals surface area contributed by atoms with E-state index in [1.807, 2.05) is 210 Å². The van der Waals surface area contributed by atoms with Crippen LogP contribution in [0.25, 0.3) is 0 Å². The van der Waals surface area contributed by atoms with Crippen molar-refractivity contribution < 1.29 is 257 Å². The quantitative estimate of drug-likeness (QED) is 0.0163. The molecule has 1 aliphatic carbocycles. The molecule has 0 heterocycles. The summed E-state index contributed by atoms with van der Waals surface area (Å²) in [4.78, 5) is 255. The van der Waals surface area contributed by atoms with Gasteiger partial charge < -0.3 is 172 Å². The van der Waals surface area contributed by atoms with E-state index in [1.165, 1.54) is 0 Å². The van der Waals surface area contributed by atoms with Crippen molar-refractivity contribution in [3.8, 4) is 0 Å². The first-order valence-corrected chi connectivity index (χ1v) is 51.8. The van der Waals surface area contributed by atoms with Gasteiger partial charge in [0, 0.05) is 38.5 Å². The number of carboxylic acids is 6. The Hall–Kier alpha value is -5.94. The fraction of sp³-hybridized carbons (Fsp3) is 0.846. The lowest BCUT2D eigenvalue weighted by Gasteiger charge is -2.52. The Kier molecular flexibility index (Phi) is 66.2. The highest BCUT2D eigenvalue weighted by molar-refractivity contribution is 7.46. The Labute approximate surface area is 807 Å². The molecule has 0 saturated heterocycles. The highest BCUT2D eigenvalue weighted by Crippen LogP contribution is 2.55. The maximum absolute atomic E-state index is 11.5. The summed E-state index contributed by atoms with van der Waals surface area (Å²) in [7, 11) is -3.26. The van der Waals surface area contributed by atoms with Gasteiger partial charge in [-0.05, 0) is 35.5 Å². The first kappa shape index (κ1) is 143. The number of phosphoric acid groups is 6. The van der Waals surface area contributed by atoms with Crippen LogP contribution in [0.1, 0.15) is 160 Å². The highest BCUT2D eigenvalue weighted by atomic mass is 31.2. The van der Waals surface area contributed by atoms with Gasteiger partial charge in [-0.25, -0.2) is 0 Å². The van der Waals surface area contributed by atoms with E-state index in [4.69, 9.17) is 88.4 Å². The molecule has 0 aliphatic heterocycles. The molecule has 1 rings (SSSR count). The second-order valence-electron chi connectivity index (χ2n) is 40.9. The molecule has 60 heteroatoms. The summed E-state index contributed by atoms with van der Waals surface area (Å²) < 4.78 is 125. The number of carbonyl (C=O) groups excluding carboxylic acids is 6. The number of hydrogen-bond donors (Lipinski definition) is 12. The Morgan fingerprint density at radius 1 is 0.210 bits per heavy atom. The van der Waals surface area contributed by atoms with Gasteiger partial charge in [-0.3, -0.25) is 84.9 Å². The van der Waals surface area contributed by atoms with Crippen LogP contribution in [0.3, 0.4) is 0 Å². The summed E-state index contributed by atoms with van der Waals surface area (Å²) in [6, 6.07) is 0. The third-order valence-corrected chi connectivity index (χ3v) is 18.7. The Morgan fingerprint density at radius 2 is 0.297 bits per heavy atom. The number of likely N-dealkylation sites (N-methyl/N-ethyl adjacent to an activating group) is 6. The number of carbonyl (C=O) groups is 12. The van der Waals surface area contributed by atoms with Crippen molar-refractivity contribution >= 4 is 119 Å². The van der Waals surface area contributed by atoms with Crippen LogP contribution in [0.5, 0.6) is 0 Å². The number of quaternary nitrogens is 6. The van der Waals surface area contributed by atoms with E-state index in [0.717, 1.165) is 0 Å². The molecule has 0 aromatic carbocycles. The molecule has 0 aromatic rings. The van der Waals surface area contributed by atoms with E-state index in [0.29, 0.717) is 105 Å². The average Bonchev–Trinajstić information content (AvgIpc) is 0.741. The molecule has 0 aromatic heterocycles. The Balaban J connectivity index is -0.000000378. The standard InChI is InChI=1S/6C12H23NO4.C6H18O24P6/c6*1-9(2)6-12(16)17-10(7-11(14)15)8-13(3,4)5;7-31(8,9)25-1-2(26-32(10,11)12)4(28-34(16,17)18)6(30-36(22,23)24)5(29-35(19,20)21)3(1)27-33(13,14)15/h6*9-10H,6-8H2,1-5H3;1-6H,(H2,7,8,9)(H2,10,11,12)(H2,13,14,15)(H2,16,17,18)(H2,19,20,21)(H2,22,23,24)/t6*10-;/m111111./s1. The summed E-state index contributed by atoms with van der Waals surface area (Å²) in [5, 5.41) is 52.7. The predicted molar refractivity (Wildman–Crippen MR) is 475 cm³/mol. The number of aliphatic carboxylic acids is 6. The van der Waals surface area contributed by atoms with Crippen molar-refractivity contribution in [3.05, 3.63) is 0 Å². The van der Waals surface area contributed by atoms with Crippen molar-refractivity contribution in [2.45, 2.75) is 233 Å². The van der Waals surface area contributed by atoms with Crippen molar-refractivity contribution in [3.63, 3.8) is 0 Å². The molecule has 0 spiro atoms. The van der Waals surface area contributed by atoms with Gasteiger partial charge in [0.2, 0.25) is 0 Å². The topological polar surface area (TPSA) is 799 Å².